The number of benzene rings is 2. The van der Waals surface area contributed by atoms with Crippen LogP contribution in [0.1, 0.15) is 46.9 Å². The highest BCUT2D eigenvalue weighted by atomic mass is 19.1. The highest BCUT2D eigenvalue weighted by Crippen LogP contribution is 2.29. The van der Waals surface area contributed by atoms with Crippen LogP contribution in [0.4, 0.5) is 8.78 Å². The molecular formula is C20H21F2NO2. The highest BCUT2D eigenvalue weighted by Gasteiger charge is 2.32. The Hall–Kier alpha value is -2.27. The van der Waals surface area contributed by atoms with Gasteiger partial charge in [0.25, 0.3) is 5.91 Å². The molecule has 1 heterocycles. The van der Waals surface area contributed by atoms with Crippen LogP contribution in [0.5, 0.6) is 0 Å². The summed E-state index contributed by atoms with van der Waals surface area (Å²) in [6.07, 6.45) is 1.29. The molecule has 1 aliphatic rings. The molecular weight excluding hydrogens is 324 g/mol. The Morgan fingerprint density at radius 1 is 1.24 bits per heavy atom. The lowest BCUT2D eigenvalue weighted by Crippen LogP contribution is -2.37. The maximum Gasteiger partial charge on any atom is 0.257 e. The Kier molecular flexibility index (Phi) is 5.13. The van der Waals surface area contributed by atoms with Crippen molar-refractivity contribution in [2.45, 2.75) is 38.3 Å². The van der Waals surface area contributed by atoms with E-state index in [9.17, 15) is 18.7 Å². The fourth-order valence-electron chi connectivity index (χ4n) is 3.39. The van der Waals surface area contributed by atoms with Gasteiger partial charge in [-0.05, 0) is 43.4 Å². The van der Waals surface area contributed by atoms with Gasteiger partial charge in [0.2, 0.25) is 0 Å². The van der Waals surface area contributed by atoms with E-state index in [1.165, 1.54) is 13.0 Å². The van der Waals surface area contributed by atoms with Crippen LogP contribution in [0.3, 0.4) is 0 Å². The van der Waals surface area contributed by atoms with Crippen LogP contribution in [0.15, 0.2) is 42.5 Å². The van der Waals surface area contributed by atoms with Gasteiger partial charge in [-0.25, -0.2) is 8.78 Å². The lowest BCUT2D eigenvalue weighted by molar-refractivity contribution is 0.0662. The summed E-state index contributed by atoms with van der Waals surface area (Å²) in [6, 6.07) is 11.1. The second-order valence-electron chi connectivity index (χ2n) is 6.54. The maximum absolute atomic E-state index is 14.1. The number of hydrogen-bond acceptors (Lipinski definition) is 2. The number of aryl methyl sites for hydroxylation is 1. The van der Waals surface area contributed by atoms with Crippen molar-refractivity contribution in [3.8, 4) is 0 Å². The predicted octanol–water partition coefficient (Wildman–Crippen LogP) is 4.00. The first kappa shape index (κ1) is 17.5. The monoisotopic (exact) mass is 345 g/mol. The van der Waals surface area contributed by atoms with Gasteiger partial charge in [-0.1, -0.05) is 30.3 Å². The number of aliphatic hydroxyl groups excluding tert-OH is 1. The van der Waals surface area contributed by atoms with E-state index in [1.54, 1.807) is 4.90 Å². The minimum absolute atomic E-state index is 0.111. The molecule has 5 heteroatoms. The van der Waals surface area contributed by atoms with Crippen LogP contribution in [-0.2, 0) is 0 Å². The molecule has 25 heavy (non-hydrogen) atoms. The Labute approximate surface area is 145 Å². The summed E-state index contributed by atoms with van der Waals surface area (Å²) in [4.78, 5) is 14.3. The van der Waals surface area contributed by atoms with E-state index in [2.05, 4.69) is 0 Å². The summed E-state index contributed by atoms with van der Waals surface area (Å²) < 4.78 is 27.5. The normalized spacial score (nSPS) is 18.4. The topological polar surface area (TPSA) is 40.5 Å². The molecule has 0 aromatic heterocycles. The molecule has 1 aliphatic heterocycles. The third kappa shape index (κ3) is 3.71. The van der Waals surface area contributed by atoms with Crippen molar-refractivity contribution in [1.29, 1.82) is 0 Å². The van der Waals surface area contributed by atoms with E-state index in [-0.39, 0.29) is 17.2 Å². The molecule has 0 radical (unpaired) electrons. The molecule has 0 aliphatic carbocycles. The maximum atomic E-state index is 14.1. The number of hydrogen-bond donors (Lipinski definition) is 1. The van der Waals surface area contributed by atoms with Gasteiger partial charge in [-0.3, -0.25) is 4.79 Å². The van der Waals surface area contributed by atoms with Crippen molar-refractivity contribution in [1.82, 2.24) is 4.90 Å². The smallest absolute Gasteiger partial charge is 0.257 e. The van der Waals surface area contributed by atoms with Crippen LogP contribution in [0.2, 0.25) is 0 Å². The molecule has 1 saturated heterocycles. The molecule has 1 fully saturated rings. The number of aliphatic hydroxyl groups is 1. The number of likely N-dealkylation sites (tertiary alicyclic amines) is 1. The molecule has 2 unspecified atom stereocenters. The molecule has 0 spiro atoms. The zero-order valence-electron chi connectivity index (χ0n) is 14.1. The number of carbonyl (C=O) groups is 1. The van der Waals surface area contributed by atoms with E-state index < -0.39 is 23.6 Å². The van der Waals surface area contributed by atoms with Crippen molar-refractivity contribution in [3.05, 3.63) is 70.8 Å². The molecule has 3 rings (SSSR count). The number of carbonyl (C=O) groups excluding carboxylic acids is 1. The Balaban J connectivity index is 1.77. The quantitative estimate of drug-likeness (QED) is 0.910. The van der Waals surface area contributed by atoms with Crippen LogP contribution in [0, 0.1) is 18.6 Å². The Bertz CT molecular complexity index is 764. The van der Waals surface area contributed by atoms with Crippen molar-refractivity contribution in [3.63, 3.8) is 0 Å². The van der Waals surface area contributed by atoms with Crippen LogP contribution >= 0.6 is 0 Å². The lowest BCUT2D eigenvalue weighted by atomic mass is 10.00. The van der Waals surface area contributed by atoms with Crippen LogP contribution in [-0.4, -0.2) is 28.5 Å². The van der Waals surface area contributed by atoms with Crippen LogP contribution < -0.4 is 0 Å². The zero-order chi connectivity index (χ0) is 18.0. The van der Waals surface area contributed by atoms with E-state index >= 15 is 0 Å². The summed E-state index contributed by atoms with van der Waals surface area (Å²) in [5.41, 5.74) is 0.926. The third-order valence-corrected chi connectivity index (χ3v) is 4.80. The molecule has 1 amide bonds. The van der Waals surface area contributed by atoms with E-state index in [4.69, 9.17) is 0 Å². The second-order valence-corrected chi connectivity index (χ2v) is 6.54. The number of amides is 1. The van der Waals surface area contributed by atoms with Crippen molar-refractivity contribution >= 4 is 5.91 Å². The summed E-state index contributed by atoms with van der Waals surface area (Å²) in [6.45, 7) is 2.02. The average Bonchev–Trinajstić information content (AvgIpc) is 3.06. The number of halogens is 2. The third-order valence-electron chi connectivity index (χ3n) is 4.80. The standard InChI is InChI=1S/C20H21F2NO2/c1-13-10-16(18(22)12-17(13)21)20(25)23-9-5-8-15(23)11-19(24)14-6-3-2-4-7-14/h2-4,6-7,10,12,15,19,24H,5,8-9,11H2,1H3. The van der Waals surface area contributed by atoms with Gasteiger partial charge in [0, 0.05) is 18.7 Å². The number of rotatable bonds is 4. The zero-order valence-corrected chi connectivity index (χ0v) is 14.1. The molecule has 2 atom stereocenters. The Morgan fingerprint density at radius 2 is 1.96 bits per heavy atom. The van der Waals surface area contributed by atoms with Gasteiger partial charge in [-0.2, -0.15) is 0 Å². The molecule has 2 aromatic carbocycles. The second kappa shape index (κ2) is 7.31. The van der Waals surface area contributed by atoms with Crippen LogP contribution in [0.25, 0.3) is 0 Å². The average molecular weight is 345 g/mol. The van der Waals surface area contributed by atoms with Gasteiger partial charge in [-0.15, -0.1) is 0 Å². The predicted molar refractivity (Wildman–Crippen MR) is 91.2 cm³/mol. The van der Waals surface area contributed by atoms with E-state index in [0.29, 0.717) is 13.0 Å². The molecule has 0 saturated carbocycles. The summed E-state index contributed by atoms with van der Waals surface area (Å²) in [5, 5.41) is 10.4. The largest absolute Gasteiger partial charge is 0.388 e. The molecule has 2 aromatic rings. The molecule has 3 nitrogen and oxygen atoms in total. The number of nitrogens with zero attached hydrogens (tertiary/aromatic N) is 1. The van der Waals surface area contributed by atoms with E-state index in [1.807, 2.05) is 30.3 Å². The van der Waals surface area contributed by atoms with Gasteiger partial charge < -0.3 is 10.0 Å². The summed E-state index contributed by atoms with van der Waals surface area (Å²) >= 11 is 0. The first-order valence-corrected chi connectivity index (χ1v) is 8.47. The molecule has 132 valence electrons. The fourth-order valence-corrected chi connectivity index (χ4v) is 3.39. The van der Waals surface area contributed by atoms with Gasteiger partial charge in [0.05, 0.1) is 11.7 Å². The van der Waals surface area contributed by atoms with Crippen molar-refractivity contribution in [2.75, 3.05) is 6.54 Å². The van der Waals surface area contributed by atoms with Gasteiger partial charge >= 0.3 is 0 Å². The summed E-state index contributed by atoms with van der Waals surface area (Å²) in [5.74, 6) is -1.95. The minimum atomic E-state index is -0.845. The minimum Gasteiger partial charge on any atom is -0.388 e. The van der Waals surface area contributed by atoms with Crippen molar-refractivity contribution in [2.24, 2.45) is 0 Å². The fraction of sp³-hybridized carbons (Fsp3) is 0.350. The molecule has 1 N–H and O–H groups in total. The first-order valence-electron chi connectivity index (χ1n) is 8.47. The van der Waals surface area contributed by atoms with E-state index in [0.717, 1.165) is 24.5 Å². The van der Waals surface area contributed by atoms with Gasteiger partial charge in [0.1, 0.15) is 11.6 Å². The lowest BCUT2D eigenvalue weighted by Gasteiger charge is -2.27. The molecule has 0 bridgehead atoms. The van der Waals surface area contributed by atoms with Crippen molar-refractivity contribution < 1.29 is 18.7 Å². The highest BCUT2D eigenvalue weighted by molar-refractivity contribution is 5.95. The SMILES string of the molecule is Cc1cc(C(=O)N2CCCC2CC(O)c2ccccc2)c(F)cc1F. The van der Waals surface area contributed by atoms with Gasteiger partial charge in [0.15, 0.2) is 0 Å². The Morgan fingerprint density at radius 3 is 2.68 bits per heavy atom. The first-order chi connectivity index (χ1) is 12.0. The summed E-state index contributed by atoms with van der Waals surface area (Å²) in [7, 11) is 0.